The summed E-state index contributed by atoms with van der Waals surface area (Å²) in [7, 11) is 0. The van der Waals surface area contributed by atoms with Crippen molar-refractivity contribution in [1.29, 1.82) is 0 Å². The molecular weight excluding hydrogens is 264 g/mol. The molecule has 0 unspecified atom stereocenters. The minimum Gasteiger partial charge on any atom is -0.397 e. The number of nitrogen functional groups attached to an aromatic ring is 1. The summed E-state index contributed by atoms with van der Waals surface area (Å²) in [5.74, 6) is -0.109. The first kappa shape index (κ1) is 13.4. The van der Waals surface area contributed by atoms with Crippen LogP contribution in [-0.2, 0) is 11.3 Å². The topological polar surface area (TPSA) is 72.9 Å². The predicted octanol–water partition coefficient (Wildman–Crippen LogP) is 2.46. The maximum atomic E-state index is 11.8. The van der Waals surface area contributed by atoms with E-state index in [9.17, 15) is 4.79 Å². The van der Waals surface area contributed by atoms with Crippen molar-refractivity contribution in [3.05, 3.63) is 41.2 Å². The Morgan fingerprint density at radius 3 is 2.89 bits per heavy atom. The van der Waals surface area contributed by atoms with Gasteiger partial charge in [-0.25, -0.2) is 0 Å². The Bertz CT molecular complexity index is 594. The molecule has 0 bridgehead atoms. The van der Waals surface area contributed by atoms with Crippen LogP contribution in [0.15, 0.2) is 30.5 Å². The van der Waals surface area contributed by atoms with Gasteiger partial charge in [0.2, 0.25) is 5.91 Å². The Morgan fingerprint density at radius 1 is 1.47 bits per heavy atom. The Kier molecular flexibility index (Phi) is 4.06. The van der Waals surface area contributed by atoms with Gasteiger partial charge >= 0.3 is 0 Å². The second-order valence-corrected chi connectivity index (χ2v) is 4.69. The third-order valence-corrected chi connectivity index (χ3v) is 2.86. The molecule has 100 valence electrons. The number of anilines is 2. The number of nitrogens with zero attached hydrogens (tertiary/aromatic N) is 2. The fourth-order valence-electron chi connectivity index (χ4n) is 1.66. The van der Waals surface area contributed by atoms with Crippen molar-refractivity contribution < 1.29 is 4.79 Å². The number of rotatable bonds is 4. The molecular formula is C13H15ClN4O. The molecule has 0 aliphatic carbocycles. The number of hydrogen-bond donors (Lipinski definition) is 2. The number of carbonyl (C=O) groups excluding carboxylic acids is 1. The number of hydrogen-bond acceptors (Lipinski definition) is 3. The van der Waals surface area contributed by atoms with E-state index in [1.54, 1.807) is 22.9 Å². The molecule has 0 spiro atoms. The molecule has 19 heavy (non-hydrogen) atoms. The number of carbonyl (C=O) groups is 1. The van der Waals surface area contributed by atoms with Gasteiger partial charge in [-0.15, -0.1) is 0 Å². The number of nitrogens with one attached hydrogen (secondary N) is 1. The molecule has 0 saturated carbocycles. The van der Waals surface area contributed by atoms with E-state index in [0.29, 0.717) is 29.4 Å². The van der Waals surface area contributed by atoms with Crippen molar-refractivity contribution in [2.24, 2.45) is 0 Å². The smallest absolute Gasteiger partial charge is 0.226 e. The molecule has 0 atom stereocenters. The van der Waals surface area contributed by atoms with Crippen molar-refractivity contribution in [1.82, 2.24) is 9.78 Å². The van der Waals surface area contributed by atoms with Crippen LogP contribution >= 0.6 is 11.6 Å². The van der Waals surface area contributed by atoms with Crippen molar-refractivity contribution in [2.75, 3.05) is 11.1 Å². The SMILES string of the molecule is Cc1ccn(CCC(=O)Nc2ccc(Cl)cc2N)n1. The van der Waals surface area contributed by atoms with Crippen LogP contribution in [-0.4, -0.2) is 15.7 Å². The van der Waals surface area contributed by atoms with Gasteiger partial charge in [0.1, 0.15) is 0 Å². The summed E-state index contributed by atoms with van der Waals surface area (Å²) in [4.78, 5) is 11.8. The third kappa shape index (κ3) is 3.72. The lowest BCUT2D eigenvalue weighted by molar-refractivity contribution is -0.116. The first-order chi connectivity index (χ1) is 9.04. The monoisotopic (exact) mass is 278 g/mol. The van der Waals surface area contributed by atoms with E-state index in [0.717, 1.165) is 5.69 Å². The number of halogens is 1. The lowest BCUT2D eigenvalue weighted by Gasteiger charge is -2.08. The molecule has 0 radical (unpaired) electrons. The molecule has 0 fully saturated rings. The first-order valence-corrected chi connectivity index (χ1v) is 6.27. The standard InChI is InChI=1S/C13H15ClN4O/c1-9-4-6-18(17-9)7-5-13(19)16-12-3-2-10(14)8-11(12)15/h2-4,6,8H,5,7,15H2,1H3,(H,16,19). The first-order valence-electron chi connectivity index (χ1n) is 5.89. The van der Waals surface area contributed by atoms with Crippen molar-refractivity contribution in [2.45, 2.75) is 19.9 Å². The maximum absolute atomic E-state index is 11.8. The Balaban J connectivity index is 1.90. The number of aromatic nitrogens is 2. The lowest BCUT2D eigenvalue weighted by atomic mass is 10.2. The normalized spacial score (nSPS) is 10.4. The fourth-order valence-corrected chi connectivity index (χ4v) is 1.84. The molecule has 1 amide bonds. The zero-order valence-electron chi connectivity index (χ0n) is 10.6. The second kappa shape index (κ2) is 5.75. The molecule has 1 aromatic carbocycles. The molecule has 0 aliphatic heterocycles. The van der Waals surface area contributed by atoms with Gasteiger partial charge in [0.15, 0.2) is 0 Å². The summed E-state index contributed by atoms with van der Waals surface area (Å²) in [5.41, 5.74) is 7.73. The zero-order valence-corrected chi connectivity index (χ0v) is 11.3. The molecule has 0 saturated heterocycles. The van der Waals surface area contributed by atoms with E-state index in [-0.39, 0.29) is 5.91 Å². The van der Waals surface area contributed by atoms with Crippen molar-refractivity contribution in [3.8, 4) is 0 Å². The van der Waals surface area contributed by atoms with E-state index in [2.05, 4.69) is 10.4 Å². The minimum atomic E-state index is -0.109. The molecule has 3 N–H and O–H groups in total. The second-order valence-electron chi connectivity index (χ2n) is 4.25. The van der Waals surface area contributed by atoms with Gasteiger partial charge in [0.05, 0.1) is 17.1 Å². The summed E-state index contributed by atoms with van der Waals surface area (Å²) in [6, 6.07) is 6.88. The summed E-state index contributed by atoms with van der Waals surface area (Å²) >= 11 is 5.79. The molecule has 1 heterocycles. The average molecular weight is 279 g/mol. The van der Waals surface area contributed by atoms with Crippen LogP contribution in [0.25, 0.3) is 0 Å². The fraction of sp³-hybridized carbons (Fsp3) is 0.231. The number of benzene rings is 1. The largest absolute Gasteiger partial charge is 0.397 e. The van der Waals surface area contributed by atoms with Gasteiger partial charge in [0, 0.05) is 24.2 Å². The average Bonchev–Trinajstić information content (AvgIpc) is 2.76. The van der Waals surface area contributed by atoms with Gasteiger partial charge in [-0.1, -0.05) is 11.6 Å². The summed E-state index contributed by atoms with van der Waals surface area (Å²) in [5, 5.41) is 7.51. The van der Waals surface area contributed by atoms with Crippen molar-refractivity contribution >= 4 is 28.9 Å². The number of nitrogens with two attached hydrogens (primary N) is 1. The highest BCUT2D eigenvalue weighted by molar-refractivity contribution is 6.31. The molecule has 2 aromatic rings. The highest BCUT2D eigenvalue weighted by Gasteiger charge is 2.06. The molecule has 2 rings (SSSR count). The highest BCUT2D eigenvalue weighted by Crippen LogP contribution is 2.22. The van der Waals surface area contributed by atoms with E-state index in [4.69, 9.17) is 17.3 Å². The Morgan fingerprint density at radius 2 is 2.26 bits per heavy atom. The van der Waals surface area contributed by atoms with Crippen LogP contribution < -0.4 is 11.1 Å². The summed E-state index contributed by atoms with van der Waals surface area (Å²) in [6.07, 6.45) is 2.18. The van der Waals surface area contributed by atoms with E-state index in [1.807, 2.05) is 19.2 Å². The van der Waals surface area contributed by atoms with Crippen LogP contribution in [0, 0.1) is 6.92 Å². The molecule has 6 heteroatoms. The van der Waals surface area contributed by atoms with Gasteiger partial charge in [-0.2, -0.15) is 5.10 Å². The van der Waals surface area contributed by atoms with Crippen molar-refractivity contribution in [3.63, 3.8) is 0 Å². The highest BCUT2D eigenvalue weighted by atomic mass is 35.5. The van der Waals surface area contributed by atoms with Crippen LogP contribution in [0.5, 0.6) is 0 Å². The van der Waals surface area contributed by atoms with Crippen LogP contribution in [0.4, 0.5) is 11.4 Å². The maximum Gasteiger partial charge on any atom is 0.226 e. The number of aryl methyl sites for hydroxylation is 2. The van der Waals surface area contributed by atoms with E-state index < -0.39 is 0 Å². The Hall–Kier alpha value is -2.01. The van der Waals surface area contributed by atoms with Gasteiger partial charge in [-0.05, 0) is 31.2 Å². The Labute approximate surface area is 116 Å². The lowest BCUT2D eigenvalue weighted by Crippen LogP contribution is -2.15. The summed E-state index contributed by atoms with van der Waals surface area (Å²) in [6.45, 7) is 2.44. The van der Waals surface area contributed by atoms with Gasteiger partial charge in [0.25, 0.3) is 0 Å². The predicted molar refractivity (Wildman–Crippen MR) is 76.1 cm³/mol. The molecule has 1 aromatic heterocycles. The van der Waals surface area contributed by atoms with Gasteiger partial charge < -0.3 is 11.1 Å². The number of amides is 1. The van der Waals surface area contributed by atoms with Crippen LogP contribution in [0.2, 0.25) is 5.02 Å². The quantitative estimate of drug-likeness (QED) is 0.844. The zero-order chi connectivity index (χ0) is 13.8. The van der Waals surface area contributed by atoms with Crippen LogP contribution in [0.1, 0.15) is 12.1 Å². The molecule has 5 nitrogen and oxygen atoms in total. The van der Waals surface area contributed by atoms with E-state index in [1.165, 1.54) is 0 Å². The van der Waals surface area contributed by atoms with E-state index >= 15 is 0 Å². The molecule has 0 aliphatic rings. The van der Waals surface area contributed by atoms with Gasteiger partial charge in [-0.3, -0.25) is 9.48 Å². The summed E-state index contributed by atoms with van der Waals surface area (Å²) < 4.78 is 1.74. The minimum absolute atomic E-state index is 0.109. The third-order valence-electron chi connectivity index (χ3n) is 2.63. The van der Waals surface area contributed by atoms with Crippen LogP contribution in [0.3, 0.4) is 0 Å².